The number of aliphatic hydroxyl groups excluding tert-OH is 1. The van der Waals surface area contributed by atoms with Crippen LogP contribution < -0.4 is 20.1 Å². The van der Waals surface area contributed by atoms with E-state index in [2.05, 4.69) is 40.0 Å². The van der Waals surface area contributed by atoms with Gasteiger partial charge in [-0.2, -0.15) is 9.97 Å². The third-order valence-corrected chi connectivity index (χ3v) is 4.99. The average molecular weight is 404 g/mol. The highest BCUT2D eigenvalue weighted by Gasteiger charge is 2.44. The Balaban J connectivity index is 1.44. The summed E-state index contributed by atoms with van der Waals surface area (Å²) in [6, 6.07) is 4.68. The van der Waals surface area contributed by atoms with E-state index in [1.54, 1.807) is 12.1 Å². The number of aromatic nitrogens is 4. The number of imidazole rings is 1. The Morgan fingerprint density at radius 2 is 1.97 bits per heavy atom. The van der Waals surface area contributed by atoms with E-state index in [9.17, 15) is 13.9 Å². The fourth-order valence-corrected chi connectivity index (χ4v) is 3.59. The van der Waals surface area contributed by atoms with Crippen molar-refractivity contribution in [2.75, 3.05) is 10.6 Å². The van der Waals surface area contributed by atoms with Crippen molar-refractivity contribution in [1.29, 1.82) is 0 Å². The van der Waals surface area contributed by atoms with Gasteiger partial charge < -0.3 is 30.2 Å². The van der Waals surface area contributed by atoms with Gasteiger partial charge in [0, 0.05) is 6.04 Å². The lowest BCUT2D eigenvalue weighted by atomic mass is 9.93. The van der Waals surface area contributed by atoms with Gasteiger partial charge in [-0.25, -0.2) is 4.98 Å². The summed E-state index contributed by atoms with van der Waals surface area (Å²) >= 11 is 0. The molecule has 152 valence electrons. The number of halogens is 2. The predicted octanol–water partition coefficient (Wildman–Crippen LogP) is 3.13. The molecule has 5 rings (SSSR count). The molecule has 1 aromatic carbocycles. The highest BCUT2D eigenvalue weighted by molar-refractivity contribution is 5.84. The number of aliphatic hydroxyl groups is 1. The van der Waals surface area contributed by atoms with E-state index in [0.717, 1.165) is 25.7 Å². The lowest BCUT2D eigenvalue weighted by Gasteiger charge is -2.26. The van der Waals surface area contributed by atoms with Crippen LogP contribution in [0.15, 0.2) is 24.5 Å². The first-order valence-electron chi connectivity index (χ1n) is 9.28. The summed E-state index contributed by atoms with van der Waals surface area (Å²) in [5, 5.41) is 16.0. The van der Waals surface area contributed by atoms with Crippen molar-refractivity contribution in [2.45, 2.75) is 44.1 Å². The first-order valence-corrected chi connectivity index (χ1v) is 9.28. The summed E-state index contributed by atoms with van der Waals surface area (Å²) in [5.74, 6) is 0.533. The van der Waals surface area contributed by atoms with Crippen LogP contribution in [-0.2, 0) is 0 Å². The van der Waals surface area contributed by atoms with Crippen molar-refractivity contribution < 1.29 is 23.4 Å². The standard InChI is InChI=1S/C18H18F2N6O3/c19-18(20)28-12-3-1-2-11(14(12)29-18)24-17-25-15-13(21-8-22-15)16(26-17)23-9-4-6-10(27)7-5-9/h1-3,8-10,27H,4-7H2,(H3,21,22,23,24,25,26)/t9-,10-. The van der Waals surface area contributed by atoms with E-state index < -0.39 is 6.29 Å². The average Bonchev–Trinajstić information content (AvgIpc) is 3.27. The smallest absolute Gasteiger partial charge is 0.395 e. The number of anilines is 3. The van der Waals surface area contributed by atoms with Crippen LogP contribution in [0.1, 0.15) is 25.7 Å². The zero-order valence-electron chi connectivity index (χ0n) is 15.2. The topological polar surface area (TPSA) is 117 Å². The third-order valence-electron chi connectivity index (χ3n) is 4.99. The van der Waals surface area contributed by atoms with Crippen molar-refractivity contribution in [3.05, 3.63) is 24.5 Å². The number of aromatic amines is 1. The van der Waals surface area contributed by atoms with Crippen LogP contribution in [0.4, 0.5) is 26.2 Å². The highest BCUT2D eigenvalue weighted by atomic mass is 19.3. The van der Waals surface area contributed by atoms with Gasteiger partial charge in [-0.3, -0.25) is 0 Å². The van der Waals surface area contributed by atoms with Crippen molar-refractivity contribution >= 4 is 28.6 Å². The van der Waals surface area contributed by atoms with Crippen LogP contribution in [0.5, 0.6) is 11.5 Å². The van der Waals surface area contributed by atoms with Crippen molar-refractivity contribution in [1.82, 2.24) is 19.9 Å². The van der Waals surface area contributed by atoms with Crippen LogP contribution >= 0.6 is 0 Å². The zero-order chi connectivity index (χ0) is 20.0. The maximum atomic E-state index is 13.4. The Morgan fingerprint density at radius 1 is 1.14 bits per heavy atom. The second-order valence-electron chi connectivity index (χ2n) is 7.07. The van der Waals surface area contributed by atoms with E-state index in [1.807, 2.05) is 0 Å². The summed E-state index contributed by atoms with van der Waals surface area (Å²) < 4.78 is 35.9. The number of hydrogen-bond donors (Lipinski definition) is 4. The second kappa shape index (κ2) is 6.69. The Morgan fingerprint density at radius 3 is 2.79 bits per heavy atom. The number of ether oxygens (including phenoxy) is 2. The molecule has 29 heavy (non-hydrogen) atoms. The summed E-state index contributed by atoms with van der Waals surface area (Å²) in [6.45, 7) is 0. The number of benzene rings is 1. The summed E-state index contributed by atoms with van der Waals surface area (Å²) in [7, 11) is 0. The number of rotatable bonds is 4. The summed E-state index contributed by atoms with van der Waals surface area (Å²) in [4.78, 5) is 16.0. The molecule has 3 aromatic rings. The zero-order valence-corrected chi connectivity index (χ0v) is 15.2. The predicted molar refractivity (Wildman–Crippen MR) is 99.5 cm³/mol. The molecule has 0 radical (unpaired) electrons. The molecule has 1 aliphatic heterocycles. The minimum absolute atomic E-state index is 0.0678. The number of alkyl halides is 2. The molecule has 11 heteroatoms. The van der Waals surface area contributed by atoms with Gasteiger partial charge in [-0.15, -0.1) is 8.78 Å². The largest absolute Gasteiger partial charge is 0.586 e. The molecule has 1 fully saturated rings. The van der Waals surface area contributed by atoms with Crippen LogP contribution in [-0.4, -0.2) is 43.5 Å². The third kappa shape index (κ3) is 3.48. The molecule has 2 aromatic heterocycles. The Labute approximate surface area is 163 Å². The van der Waals surface area contributed by atoms with E-state index >= 15 is 0 Å². The maximum Gasteiger partial charge on any atom is 0.586 e. The molecule has 0 atom stereocenters. The van der Waals surface area contributed by atoms with Gasteiger partial charge >= 0.3 is 6.29 Å². The lowest BCUT2D eigenvalue weighted by Crippen LogP contribution is -2.28. The normalized spacial score (nSPS) is 22.6. The van der Waals surface area contributed by atoms with Gasteiger partial charge in [-0.05, 0) is 37.8 Å². The first-order chi connectivity index (χ1) is 14.0. The molecule has 0 amide bonds. The van der Waals surface area contributed by atoms with E-state index in [1.165, 1.54) is 12.4 Å². The molecular weight excluding hydrogens is 386 g/mol. The Bertz CT molecular complexity index is 1050. The summed E-state index contributed by atoms with van der Waals surface area (Å²) in [5.41, 5.74) is 1.33. The highest BCUT2D eigenvalue weighted by Crippen LogP contribution is 2.46. The molecular formula is C18H18F2N6O3. The quantitative estimate of drug-likeness (QED) is 0.524. The molecule has 3 heterocycles. The maximum absolute atomic E-state index is 13.4. The van der Waals surface area contributed by atoms with Gasteiger partial charge in [-0.1, -0.05) is 6.07 Å². The van der Waals surface area contributed by atoms with E-state index in [0.29, 0.717) is 17.0 Å². The van der Waals surface area contributed by atoms with Crippen molar-refractivity contribution in [2.24, 2.45) is 0 Å². The van der Waals surface area contributed by atoms with Crippen LogP contribution in [0.3, 0.4) is 0 Å². The first kappa shape index (κ1) is 17.9. The fourth-order valence-electron chi connectivity index (χ4n) is 3.59. The molecule has 9 nitrogen and oxygen atoms in total. The molecule has 2 aliphatic rings. The number of nitrogens with one attached hydrogen (secondary N) is 3. The number of hydrogen-bond acceptors (Lipinski definition) is 8. The van der Waals surface area contributed by atoms with Gasteiger partial charge in [0.25, 0.3) is 0 Å². The molecule has 4 N–H and O–H groups in total. The fraction of sp³-hybridized carbons (Fsp3) is 0.389. The minimum atomic E-state index is -3.72. The van der Waals surface area contributed by atoms with Gasteiger partial charge in [0.05, 0.1) is 18.1 Å². The van der Waals surface area contributed by atoms with Gasteiger partial charge in [0.15, 0.2) is 23.0 Å². The monoisotopic (exact) mass is 404 g/mol. The molecule has 1 saturated carbocycles. The minimum Gasteiger partial charge on any atom is -0.395 e. The van der Waals surface area contributed by atoms with Crippen LogP contribution in [0, 0.1) is 0 Å². The van der Waals surface area contributed by atoms with E-state index in [4.69, 9.17) is 0 Å². The molecule has 0 bridgehead atoms. The Hall–Kier alpha value is -3.21. The molecule has 0 unspecified atom stereocenters. The Kier molecular flexibility index (Phi) is 4.12. The van der Waals surface area contributed by atoms with E-state index in [-0.39, 0.29) is 35.3 Å². The number of H-pyrrole nitrogens is 1. The summed E-state index contributed by atoms with van der Waals surface area (Å²) in [6.07, 6.45) is 0.599. The van der Waals surface area contributed by atoms with Gasteiger partial charge in [0.1, 0.15) is 5.52 Å². The van der Waals surface area contributed by atoms with Gasteiger partial charge in [0.2, 0.25) is 5.95 Å². The molecule has 0 saturated heterocycles. The lowest BCUT2D eigenvalue weighted by molar-refractivity contribution is -0.286. The number of nitrogens with zero attached hydrogens (tertiary/aromatic N) is 3. The number of fused-ring (bicyclic) bond motifs is 2. The van der Waals surface area contributed by atoms with Crippen molar-refractivity contribution in [3.63, 3.8) is 0 Å². The van der Waals surface area contributed by atoms with Crippen molar-refractivity contribution in [3.8, 4) is 11.5 Å². The SMILES string of the molecule is O[C@H]1CC[C@H](Nc2nc(Nc3cccc4c3OC(F)(F)O4)nc3[nH]cnc23)CC1. The second-order valence-corrected chi connectivity index (χ2v) is 7.07. The molecule has 0 spiro atoms. The van der Waals surface area contributed by atoms with Crippen LogP contribution in [0.2, 0.25) is 0 Å². The molecule has 1 aliphatic carbocycles. The number of para-hydroxylation sites is 1. The van der Waals surface area contributed by atoms with Crippen LogP contribution in [0.25, 0.3) is 11.2 Å².